The number of urea groups is 1. The van der Waals surface area contributed by atoms with Gasteiger partial charge in [0.2, 0.25) is 0 Å². The molecule has 0 saturated carbocycles. The smallest absolute Gasteiger partial charge is 0.322 e. The van der Waals surface area contributed by atoms with Crippen LogP contribution in [0.5, 0.6) is 0 Å². The number of halogens is 3. The van der Waals surface area contributed by atoms with Gasteiger partial charge >= 0.3 is 6.03 Å². The third kappa shape index (κ3) is 3.76. The Morgan fingerprint density at radius 2 is 2.12 bits per heavy atom. The number of anilines is 1. The van der Waals surface area contributed by atoms with Gasteiger partial charge in [0.25, 0.3) is 5.91 Å². The van der Waals surface area contributed by atoms with Gasteiger partial charge in [0.15, 0.2) is 5.69 Å². The van der Waals surface area contributed by atoms with Gasteiger partial charge in [-0.1, -0.05) is 5.21 Å². The van der Waals surface area contributed by atoms with Crippen molar-refractivity contribution >= 4 is 17.6 Å². The maximum Gasteiger partial charge on any atom is 0.322 e. The second-order valence-electron chi connectivity index (χ2n) is 5.88. The fraction of sp³-hybridized carbons (Fsp3) is 0.333. The number of amides is 3. The van der Waals surface area contributed by atoms with Crippen molar-refractivity contribution in [2.75, 3.05) is 11.9 Å². The number of alkyl halides is 1. The number of nitrogens with one attached hydrogen (secondary N) is 1. The predicted molar refractivity (Wildman–Crippen MR) is 83.9 cm³/mol. The highest BCUT2D eigenvalue weighted by Crippen LogP contribution is 2.24. The van der Waals surface area contributed by atoms with Gasteiger partial charge in [-0.15, -0.1) is 5.10 Å². The van der Waals surface area contributed by atoms with Crippen LogP contribution >= 0.6 is 0 Å². The first-order valence-electron chi connectivity index (χ1n) is 7.70. The van der Waals surface area contributed by atoms with E-state index in [1.54, 1.807) is 0 Å². The Morgan fingerprint density at radius 3 is 2.81 bits per heavy atom. The van der Waals surface area contributed by atoms with E-state index < -0.39 is 35.8 Å². The molecule has 0 radical (unpaired) electrons. The number of rotatable bonds is 4. The van der Waals surface area contributed by atoms with Crippen molar-refractivity contribution in [3.05, 3.63) is 41.7 Å². The number of nitrogens with zero attached hydrogens (tertiary/aromatic N) is 4. The second kappa shape index (κ2) is 7.02. The average Bonchev–Trinajstić information content (AvgIpc) is 3.18. The number of benzene rings is 1. The molecule has 0 bridgehead atoms. The summed E-state index contributed by atoms with van der Waals surface area (Å²) in [7, 11) is 0. The second-order valence-corrected chi connectivity index (χ2v) is 5.88. The number of aromatic nitrogens is 3. The highest BCUT2D eigenvalue weighted by Gasteiger charge is 2.36. The van der Waals surface area contributed by atoms with Crippen molar-refractivity contribution in [3.8, 4) is 0 Å². The van der Waals surface area contributed by atoms with Crippen LogP contribution in [0.25, 0.3) is 0 Å². The Kier molecular flexibility index (Phi) is 4.78. The van der Waals surface area contributed by atoms with Gasteiger partial charge in [0, 0.05) is 12.5 Å². The lowest BCUT2D eigenvalue weighted by molar-refractivity contribution is 0.0995. The van der Waals surface area contributed by atoms with E-state index in [2.05, 4.69) is 15.6 Å². The molecule has 1 aliphatic rings. The zero-order valence-corrected chi connectivity index (χ0v) is 13.4. The first kappa shape index (κ1) is 17.7. The number of carbonyl (C=O) groups is 2. The number of hydrogen-bond donors (Lipinski definition) is 2. The molecule has 138 valence electrons. The van der Waals surface area contributed by atoms with Gasteiger partial charge < -0.3 is 16.0 Å². The first-order valence-corrected chi connectivity index (χ1v) is 7.70. The van der Waals surface area contributed by atoms with E-state index >= 15 is 0 Å². The maximum absolute atomic E-state index is 13.8. The molecular weight excluding hydrogens is 353 g/mol. The Labute approximate surface area is 145 Å². The van der Waals surface area contributed by atoms with Gasteiger partial charge in [0.05, 0.1) is 31.0 Å². The summed E-state index contributed by atoms with van der Waals surface area (Å²) in [4.78, 5) is 24.6. The largest absolute Gasteiger partial charge is 0.364 e. The third-order valence-corrected chi connectivity index (χ3v) is 3.98. The van der Waals surface area contributed by atoms with E-state index in [9.17, 15) is 22.8 Å². The Hall–Kier alpha value is -3.11. The quantitative estimate of drug-likeness (QED) is 0.848. The third-order valence-electron chi connectivity index (χ3n) is 3.98. The summed E-state index contributed by atoms with van der Waals surface area (Å²) in [5, 5.41) is 9.51. The monoisotopic (exact) mass is 368 g/mol. The van der Waals surface area contributed by atoms with Crippen molar-refractivity contribution in [1.29, 1.82) is 0 Å². The standard InChI is InChI=1S/C15H15F3N6O2/c16-8-1-2-11(18)12(4-8)20-15(26)24-5-9(17)3-10(24)6-23-7-13(14(19)25)21-22-23/h1-2,4,7,9-10H,3,5-6H2,(H2,19,25)(H,20,26). The fourth-order valence-corrected chi connectivity index (χ4v) is 2.78. The molecule has 26 heavy (non-hydrogen) atoms. The van der Waals surface area contributed by atoms with Crippen LogP contribution in [0, 0.1) is 11.6 Å². The highest BCUT2D eigenvalue weighted by atomic mass is 19.1. The molecule has 1 aromatic carbocycles. The van der Waals surface area contributed by atoms with Crippen LogP contribution in [-0.2, 0) is 6.54 Å². The maximum atomic E-state index is 13.8. The fourth-order valence-electron chi connectivity index (χ4n) is 2.78. The molecule has 1 fully saturated rings. The Bertz CT molecular complexity index is 843. The molecule has 2 aromatic rings. The zero-order valence-electron chi connectivity index (χ0n) is 13.4. The summed E-state index contributed by atoms with van der Waals surface area (Å²) in [6, 6.07) is 1.26. The van der Waals surface area contributed by atoms with Crippen LogP contribution < -0.4 is 11.1 Å². The number of primary amides is 1. The van der Waals surface area contributed by atoms with Crippen molar-refractivity contribution < 1.29 is 22.8 Å². The van der Waals surface area contributed by atoms with Crippen molar-refractivity contribution in [3.63, 3.8) is 0 Å². The van der Waals surface area contributed by atoms with E-state index in [0.29, 0.717) is 0 Å². The van der Waals surface area contributed by atoms with E-state index in [-0.39, 0.29) is 30.9 Å². The summed E-state index contributed by atoms with van der Waals surface area (Å²) >= 11 is 0. The van der Waals surface area contributed by atoms with E-state index in [1.807, 2.05) is 0 Å². The predicted octanol–water partition coefficient (Wildman–Crippen LogP) is 1.30. The molecule has 8 nitrogen and oxygen atoms in total. The minimum atomic E-state index is -1.28. The molecule has 1 saturated heterocycles. The molecule has 3 N–H and O–H groups in total. The van der Waals surface area contributed by atoms with Gasteiger partial charge in [-0.05, 0) is 12.1 Å². The van der Waals surface area contributed by atoms with Gasteiger partial charge in [-0.3, -0.25) is 4.79 Å². The average molecular weight is 368 g/mol. The van der Waals surface area contributed by atoms with Crippen LogP contribution in [0.2, 0.25) is 0 Å². The molecule has 2 atom stereocenters. The van der Waals surface area contributed by atoms with Gasteiger partial charge in [0.1, 0.15) is 17.8 Å². The molecule has 0 spiro atoms. The van der Waals surface area contributed by atoms with Crippen LogP contribution in [-0.4, -0.2) is 50.6 Å². The lowest BCUT2D eigenvalue weighted by Crippen LogP contribution is -2.41. The molecule has 1 aromatic heterocycles. The lowest BCUT2D eigenvalue weighted by Gasteiger charge is -2.24. The molecular formula is C15H15F3N6O2. The van der Waals surface area contributed by atoms with E-state index in [0.717, 1.165) is 18.2 Å². The van der Waals surface area contributed by atoms with E-state index in [1.165, 1.54) is 15.8 Å². The van der Waals surface area contributed by atoms with Crippen LogP contribution in [0.15, 0.2) is 24.4 Å². The number of carbonyl (C=O) groups excluding carboxylic acids is 2. The SMILES string of the molecule is NC(=O)c1cn(CC2CC(F)CN2C(=O)Nc2cc(F)ccc2F)nn1. The minimum Gasteiger partial charge on any atom is -0.364 e. The first-order chi connectivity index (χ1) is 12.3. The Balaban J connectivity index is 1.72. The number of nitrogens with two attached hydrogens (primary N) is 1. The number of hydrogen-bond acceptors (Lipinski definition) is 4. The molecule has 0 aliphatic carbocycles. The van der Waals surface area contributed by atoms with Gasteiger partial charge in [-0.2, -0.15) is 0 Å². The topological polar surface area (TPSA) is 106 Å². The Morgan fingerprint density at radius 1 is 1.35 bits per heavy atom. The molecule has 3 amide bonds. The molecule has 11 heteroatoms. The van der Waals surface area contributed by atoms with Crippen molar-refractivity contribution in [2.24, 2.45) is 5.73 Å². The molecule has 3 rings (SSSR count). The van der Waals surface area contributed by atoms with Crippen LogP contribution in [0.3, 0.4) is 0 Å². The summed E-state index contributed by atoms with van der Waals surface area (Å²) in [5.74, 6) is -2.29. The van der Waals surface area contributed by atoms with Crippen molar-refractivity contribution in [1.82, 2.24) is 19.9 Å². The number of likely N-dealkylation sites (tertiary alicyclic amines) is 1. The highest BCUT2D eigenvalue weighted by molar-refractivity contribution is 5.90. The van der Waals surface area contributed by atoms with Crippen molar-refractivity contribution in [2.45, 2.75) is 25.2 Å². The van der Waals surface area contributed by atoms with Crippen LogP contribution in [0.4, 0.5) is 23.7 Å². The minimum absolute atomic E-state index is 0.0326. The molecule has 1 aliphatic heterocycles. The summed E-state index contributed by atoms with van der Waals surface area (Å²) in [6.45, 7) is -0.134. The molecule has 2 heterocycles. The van der Waals surface area contributed by atoms with Gasteiger partial charge in [-0.25, -0.2) is 22.6 Å². The van der Waals surface area contributed by atoms with E-state index in [4.69, 9.17) is 5.73 Å². The summed E-state index contributed by atoms with van der Waals surface area (Å²) in [5.41, 5.74) is 4.69. The lowest BCUT2D eigenvalue weighted by atomic mass is 10.2. The molecule has 2 unspecified atom stereocenters. The zero-order chi connectivity index (χ0) is 18.8. The normalized spacial score (nSPS) is 19.6. The summed E-state index contributed by atoms with van der Waals surface area (Å²) in [6.07, 6.45) is 0.0448. The summed E-state index contributed by atoms with van der Waals surface area (Å²) < 4.78 is 42.0. The van der Waals surface area contributed by atoms with Crippen LogP contribution in [0.1, 0.15) is 16.9 Å².